The van der Waals surface area contributed by atoms with Crippen molar-refractivity contribution in [3.05, 3.63) is 0 Å². The summed E-state index contributed by atoms with van der Waals surface area (Å²) in [6, 6.07) is 1.52. The van der Waals surface area contributed by atoms with Gasteiger partial charge in [-0.15, -0.1) is 0 Å². The van der Waals surface area contributed by atoms with Crippen molar-refractivity contribution in [2.24, 2.45) is 0 Å². The minimum absolute atomic E-state index is 0.700. The van der Waals surface area contributed by atoms with Crippen molar-refractivity contribution < 1.29 is 0 Å². The fraction of sp³-hybridized carbons (Fsp3) is 1.00. The van der Waals surface area contributed by atoms with Crippen LogP contribution in [0.3, 0.4) is 0 Å². The number of hydrogen-bond acceptors (Lipinski definition) is 2. The molecule has 2 heteroatoms. The van der Waals surface area contributed by atoms with Gasteiger partial charge in [0.05, 0.1) is 0 Å². The average Bonchev–Trinajstić information content (AvgIpc) is 2.57. The smallest absolute Gasteiger partial charge is 0.00669 e. The second-order valence-electron chi connectivity index (χ2n) is 6.09. The molecule has 0 aromatic rings. The Morgan fingerprint density at radius 2 is 2.06 bits per heavy atom. The molecule has 2 atom stereocenters. The number of unbranched alkanes of at least 4 members (excludes halogenated alkanes) is 1. The lowest BCUT2D eigenvalue weighted by atomic mass is 10.1. The summed E-state index contributed by atoms with van der Waals surface area (Å²) in [4.78, 5) is 2.72. The van der Waals surface area contributed by atoms with E-state index >= 15 is 0 Å². The van der Waals surface area contributed by atoms with Crippen molar-refractivity contribution >= 4 is 0 Å². The van der Waals surface area contributed by atoms with E-state index in [9.17, 15) is 0 Å². The molecule has 0 saturated carbocycles. The molecule has 1 heterocycles. The molecule has 1 rings (SSSR count). The van der Waals surface area contributed by atoms with Crippen LogP contribution in [-0.4, -0.2) is 36.6 Å². The molecular weight excluding hydrogens is 220 g/mol. The van der Waals surface area contributed by atoms with Crippen LogP contribution in [-0.2, 0) is 0 Å². The maximum absolute atomic E-state index is 3.58. The van der Waals surface area contributed by atoms with Crippen LogP contribution in [0.15, 0.2) is 0 Å². The van der Waals surface area contributed by atoms with Gasteiger partial charge in [0.2, 0.25) is 0 Å². The molecular formula is C16H34N2. The molecule has 2 nitrogen and oxygen atoms in total. The third kappa shape index (κ3) is 6.75. The van der Waals surface area contributed by atoms with E-state index in [0.29, 0.717) is 6.04 Å². The Bertz CT molecular complexity index is 194. The monoisotopic (exact) mass is 254 g/mol. The maximum atomic E-state index is 3.58. The summed E-state index contributed by atoms with van der Waals surface area (Å²) in [6.07, 6.45) is 11.0. The van der Waals surface area contributed by atoms with E-state index < -0.39 is 0 Å². The third-order valence-electron chi connectivity index (χ3n) is 4.27. The van der Waals surface area contributed by atoms with Crippen molar-refractivity contribution in [3.63, 3.8) is 0 Å². The van der Waals surface area contributed by atoms with E-state index in [2.05, 4.69) is 31.0 Å². The first-order valence-corrected chi connectivity index (χ1v) is 8.21. The first kappa shape index (κ1) is 16.0. The number of nitrogens with one attached hydrogen (secondary N) is 1. The molecule has 0 amide bonds. The number of likely N-dealkylation sites (tertiary alicyclic amines) is 1. The molecule has 1 N–H and O–H groups in total. The quantitative estimate of drug-likeness (QED) is 0.663. The van der Waals surface area contributed by atoms with E-state index in [0.717, 1.165) is 6.04 Å². The molecule has 1 fully saturated rings. The van der Waals surface area contributed by atoms with Crippen LogP contribution in [0.2, 0.25) is 0 Å². The van der Waals surface area contributed by atoms with Gasteiger partial charge in [-0.1, -0.05) is 26.2 Å². The Hall–Kier alpha value is -0.0800. The molecule has 108 valence electrons. The van der Waals surface area contributed by atoms with Crippen LogP contribution >= 0.6 is 0 Å². The Labute approximate surface area is 115 Å². The second-order valence-corrected chi connectivity index (χ2v) is 6.09. The third-order valence-corrected chi connectivity index (χ3v) is 4.27. The summed E-state index contributed by atoms with van der Waals surface area (Å²) in [7, 11) is 0. The minimum Gasteiger partial charge on any atom is -0.314 e. The first-order chi connectivity index (χ1) is 8.74. The molecule has 2 unspecified atom stereocenters. The highest BCUT2D eigenvalue weighted by molar-refractivity contribution is 4.71. The molecule has 0 aromatic carbocycles. The van der Waals surface area contributed by atoms with Gasteiger partial charge in [-0.25, -0.2) is 0 Å². The van der Waals surface area contributed by atoms with Gasteiger partial charge in [0, 0.05) is 12.1 Å². The molecule has 1 aliphatic rings. The fourth-order valence-corrected chi connectivity index (χ4v) is 2.92. The molecule has 1 saturated heterocycles. The summed E-state index contributed by atoms with van der Waals surface area (Å²) in [5.74, 6) is 0. The van der Waals surface area contributed by atoms with Crippen molar-refractivity contribution in [2.75, 3.05) is 19.6 Å². The summed E-state index contributed by atoms with van der Waals surface area (Å²) < 4.78 is 0. The molecule has 1 aliphatic heterocycles. The predicted octanol–water partition coefficient (Wildman–Crippen LogP) is 3.81. The summed E-state index contributed by atoms with van der Waals surface area (Å²) >= 11 is 0. The van der Waals surface area contributed by atoms with Crippen LogP contribution in [0.1, 0.15) is 72.1 Å². The number of hydrogen-bond donors (Lipinski definition) is 1. The molecule has 18 heavy (non-hydrogen) atoms. The van der Waals surface area contributed by atoms with Crippen molar-refractivity contribution in [1.29, 1.82) is 0 Å². The molecule has 0 aromatic heterocycles. The topological polar surface area (TPSA) is 15.3 Å². The van der Waals surface area contributed by atoms with Crippen LogP contribution in [0.25, 0.3) is 0 Å². The van der Waals surface area contributed by atoms with Gasteiger partial charge < -0.3 is 10.2 Å². The van der Waals surface area contributed by atoms with E-state index in [1.807, 2.05) is 0 Å². The zero-order chi connectivity index (χ0) is 13.2. The molecule has 0 bridgehead atoms. The first-order valence-electron chi connectivity index (χ1n) is 8.21. The van der Waals surface area contributed by atoms with Crippen molar-refractivity contribution in [3.8, 4) is 0 Å². The summed E-state index contributed by atoms with van der Waals surface area (Å²) in [6.45, 7) is 10.8. The lowest BCUT2D eigenvalue weighted by Crippen LogP contribution is -2.33. The Kier molecular flexibility index (Phi) is 8.70. The maximum Gasteiger partial charge on any atom is 0.00669 e. The lowest BCUT2D eigenvalue weighted by molar-refractivity contribution is 0.208. The normalized spacial score (nSPS) is 23.8. The van der Waals surface area contributed by atoms with E-state index in [4.69, 9.17) is 0 Å². The Balaban J connectivity index is 2.05. The van der Waals surface area contributed by atoms with Crippen LogP contribution in [0.5, 0.6) is 0 Å². The summed E-state index contributed by atoms with van der Waals surface area (Å²) in [5, 5.41) is 3.58. The average molecular weight is 254 g/mol. The van der Waals surface area contributed by atoms with Gasteiger partial charge >= 0.3 is 0 Å². The molecule has 0 radical (unpaired) electrons. The van der Waals surface area contributed by atoms with E-state index in [1.165, 1.54) is 71.0 Å². The molecule has 0 aliphatic carbocycles. The van der Waals surface area contributed by atoms with Crippen molar-refractivity contribution in [2.45, 2.75) is 84.2 Å². The largest absolute Gasteiger partial charge is 0.314 e. The Morgan fingerprint density at radius 3 is 2.83 bits per heavy atom. The molecule has 0 spiro atoms. The fourth-order valence-electron chi connectivity index (χ4n) is 2.92. The zero-order valence-electron chi connectivity index (χ0n) is 12.9. The highest BCUT2D eigenvalue weighted by Gasteiger charge is 2.15. The van der Waals surface area contributed by atoms with Crippen LogP contribution in [0.4, 0.5) is 0 Å². The number of rotatable bonds is 8. The Morgan fingerprint density at radius 1 is 1.22 bits per heavy atom. The van der Waals surface area contributed by atoms with Crippen LogP contribution < -0.4 is 5.32 Å². The number of nitrogens with zero attached hydrogens (tertiary/aromatic N) is 1. The van der Waals surface area contributed by atoms with E-state index in [-0.39, 0.29) is 0 Å². The highest BCUT2D eigenvalue weighted by Crippen LogP contribution is 2.17. The van der Waals surface area contributed by atoms with Crippen molar-refractivity contribution in [1.82, 2.24) is 10.2 Å². The zero-order valence-corrected chi connectivity index (χ0v) is 12.9. The van der Waals surface area contributed by atoms with E-state index in [1.54, 1.807) is 0 Å². The predicted molar refractivity (Wildman–Crippen MR) is 81.1 cm³/mol. The van der Waals surface area contributed by atoms with Gasteiger partial charge in [0.1, 0.15) is 0 Å². The standard InChI is InChI=1S/C16H34N2/c1-4-12-17-15(2)10-7-9-14-18-13-8-5-6-11-16(18)3/h15-17H,4-14H2,1-3H3. The van der Waals surface area contributed by atoms with Gasteiger partial charge in [-0.05, 0) is 65.6 Å². The summed E-state index contributed by atoms with van der Waals surface area (Å²) in [5.41, 5.74) is 0. The van der Waals surface area contributed by atoms with Gasteiger partial charge in [-0.3, -0.25) is 0 Å². The van der Waals surface area contributed by atoms with Gasteiger partial charge in [0.25, 0.3) is 0 Å². The SMILES string of the molecule is CCCNC(C)CCCCN1CCCCCC1C. The minimum atomic E-state index is 0.700. The highest BCUT2D eigenvalue weighted by atomic mass is 15.1. The van der Waals surface area contributed by atoms with Crippen LogP contribution in [0, 0.1) is 0 Å². The second kappa shape index (κ2) is 9.80. The van der Waals surface area contributed by atoms with Gasteiger partial charge in [-0.2, -0.15) is 0 Å². The van der Waals surface area contributed by atoms with Gasteiger partial charge in [0.15, 0.2) is 0 Å². The lowest BCUT2D eigenvalue weighted by Gasteiger charge is -2.27.